The van der Waals surface area contributed by atoms with E-state index in [9.17, 15) is 4.39 Å². The van der Waals surface area contributed by atoms with Gasteiger partial charge in [-0.05, 0) is 30.7 Å². The number of rotatable bonds is 2. The lowest BCUT2D eigenvalue weighted by molar-refractivity contribution is 0.534. The first-order chi connectivity index (χ1) is 8.11. The number of aryl methyl sites for hydroxylation is 1. The number of anilines is 1. The third-order valence-corrected chi connectivity index (χ3v) is 2.78. The Morgan fingerprint density at radius 3 is 2.88 bits per heavy atom. The summed E-state index contributed by atoms with van der Waals surface area (Å²) in [6.07, 6.45) is -0.709. The van der Waals surface area contributed by atoms with E-state index < -0.39 is 6.17 Å². The van der Waals surface area contributed by atoms with E-state index in [4.69, 9.17) is 11.0 Å². The lowest BCUT2D eigenvalue weighted by atomic mass is 10.1. The number of benzene rings is 1. The highest BCUT2D eigenvalue weighted by atomic mass is 19.1. The molecule has 1 aromatic carbocycles. The van der Waals surface area contributed by atoms with Crippen LogP contribution in [0.3, 0.4) is 0 Å². The second-order valence-electron chi connectivity index (χ2n) is 4.06. The van der Waals surface area contributed by atoms with Crippen LogP contribution in [0.5, 0.6) is 0 Å². The van der Waals surface area contributed by atoms with Crippen molar-refractivity contribution < 1.29 is 4.39 Å². The Bertz CT molecular complexity index is 456. The standard InChI is InChI=1S/C11H14FN5/c1-6-4-7(2-3-9(6)12)15-11-8(5-13)10(14)16-17-11/h2-4,8,10-11,15-17H,14H2,1H3. The van der Waals surface area contributed by atoms with Gasteiger partial charge >= 0.3 is 0 Å². The highest BCUT2D eigenvalue weighted by molar-refractivity contribution is 5.47. The van der Waals surface area contributed by atoms with Gasteiger partial charge in [-0.15, -0.1) is 0 Å². The van der Waals surface area contributed by atoms with Gasteiger partial charge in [-0.25, -0.2) is 15.2 Å². The fourth-order valence-corrected chi connectivity index (χ4v) is 1.77. The molecule has 1 fully saturated rings. The molecule has 17 heavy (non-hydrogen) atoms. The second kappa shape index (κ2) is 4.67. The zero-order chi connectivity index (χ0) is 12.4. The van der Waals surface area contributed by atoms with Gasteiger partial charge in [0.05, 0.1) is 12.2 Å². The van der Waals surface area contributed by atoms with Crippen LogP contribution in [-0.4, -0.2) is 12.3 Å². The van der Waals surface area contributed by atoms with Gasteiger partial charge in [-0.3, -0.25) is 0 Å². The minimum absolute atomic E-state index is 0.249. The predicted molar refractivity (Wildman–Crippen MR) is 61.9 cm³/mol. The molecule has 90 valence electrons. The summed E-state index contributed by atoms with van der Waals surface area (Å²) < 4.78 is 13.1. The minimum Gasteiger partial charge on any atom is -0.368 e. The molecule has 6 heteroatoms. The van der Waals surface area contributed by atoms with Crippen LogP contribution in [0.4, 0.5) is 10.1 Å². The maximum Gasteiger partial charge on any atom is 0.126 e. The Labute approximate surface area is 98.8 Å². The van der Waals surface area contributed by atoms with E-state index in [1.807, 2.05) is 0 Å². The monoisotopic (exact) mass is 235 g/mol. The fourth-order valence-electron chi connectivity index (χ4n) is 1.77. The molecule has 1 saturated heterocycles. The van der Waals surface area contributed by atoms with Gasteiger partial charge in [0, 0.05) is 5.69 Å². The minimum atomic E-state index is -0.418. The highest BCUT2D eigenvalue weighted by Gasteiger charge is 2.33. The van der Waals surface area contributed by atoms with E-state index in [0.717, 1.165) is 5.69 Å². The second-order valence-corrected chi connectivity index (χ2v) is 4.06. The molecule has 0 radical (unpaired) electrons. The van der Waals surface area contributed by atoms with E-state index in [2.05, 4.69) is 22.2 Å². The molecule has 1 aromatic rings. The number of hydrazine groups is 1. The van der Waals surface area contributed by atoms with Crippen molar-refractivity contribution in [3.63, 3.8) is 0 Å². The number of nitriles is 1. The molecule has 1 aliphatic rings. The number of halogens is 1. The zero-order valence-electron chi connectivity index (χ0n) is 9.37. The molecular weight excluding hydrogens is 221 g/mol. The van der Waals surface area contributed by atoms with Crippen molar-refractivity contribution >= 4 is 5.69 Å². The largest absolute Gasteiger partial charge is 0.368 e. The number of hydrogen-bond acceptors (Lipinski definition) is 5. The summed E-state index contributed by atoms with van der Waals surface area (Å²) in [7, 11) is 0. The molecule has 1 heterocycles. The van der Waals surface area contributed by atoms with Crippen molar-refractivity contribution in [3.8, 4) is 6.07 Å². The third kappa shape index (κ3) is 2.36. The van der Waals surface area contributed by atoms with Gasteiger partial charge < -0.3 is 11.1 Å². The molecule has 0 saturated carbocycles. The fraction of sp³-hybridized carbons (Fsp3) is 0.364. The van der Waals surface area contributed by atoms with Gasteiger partial charge in [-0.2, -0.15) is 5.26 Å². The SMILES string of the molecule is Cc1cc(NC2NNC(N)C2C#N)ccc1F. The van der Waals surface area contributed by atoms with Gasteiger partial charge in [0.25, 0.3) is 0 Å². The first-order valence-electron chi connectivity index (χ1n) is 5.31. The van der Waals surface area contributed by atoms with Crippen molar-refractivity contribution in [1.82, 2.24) is 10.9 Å². The molecule has 3 unspecified atom stereocenters. The predicted octanol–water partition coefficient (Wildman–Crippen LogP) is 0.405. The molecule has 1 aliphatic heterocycles. The third-order valence-electron chi connectivity index (χ3n) is 2.78. The lowest BCUT2D eigenvalue weighted by Gasteiger charge is -2.17. The number of nitrogens with two attached hydrogens (primary N) is 1. The quantitative estimate of drug-likeness (QED) is 0.596. The first kappa shape index (κ1) is 11.8. The molecule has 3 atom stereocenters. The lowest BCUT2D eigenvalue weighted by Crippen LogP contribution is -2.39. The Kier molecular flexibility index (Phi) is 3.24. The summed E-state index contributed by atoms with van der Waals surface area (Å²) in [6.45, 7) is 1.69. The van der Waals surface area contributed by atoms with Gasteiger partial charge in [0.15, 0.2) is 0 Å². The summed E-state index contributed by atoms with van der Waals surface area (Å²) in [4.78, 5) is 0. The molecular formula is C11H14FN5. The van der Waals surface area contributed by atoms with E-state index in [-0.39, 0.29) is 17.9 Å². The first-order valence-corrected chi connectivity index (χ1v) is 5.31. The molecule has 0 bridgehead atoms. The summed E-state index contributed by atoms with van der Waals surface area (Å²) in [5, 5.41) is 12.1. The zero-order valence-corrected chi connectivity index (χ0v) is 9.37. The maximum atomic E-state index is 13.1. The topological polar surface area (TPSA) is 85.9 Å². The van der Waals surface area contributed by atoms with Gasteiger partial charge in [0.1, 0.15) is 17.9 Å². The summed E-state index contributed by atoms with van der Waals surface area (Å²) in [5.74, 6) is -0.637. The van der Waals surface area contributed by atoms with E-state index in [0.29, 0.717) is 5.56 Å². The molecule has 0 amide bonds. The molecule has 0 spiro atoms. The van der Waals surface area contributed by atoms with Crippen molar-refractivity contribution in [2.45, 2.75) is 19.3 Å². The number of hydrogen-bond donors (Lipinski definition) is 4. The summed E-state index contributed by atoms with van der Waals surface area (Å²) in [5.41, 5.74) is 12.7. The van der Waals surface area contributed by atoms with Crippen LogP contribution >= 0.6 is 0 Å². The Morgan fingerprint density at radius 1 is 1.47 bits per heavy atom. The van der Waals surface area contributed by atoms with Crippen LogP contribution in [0.1, 0.15) is 5.56 Å². The van der Waals surface area contributed by atoms with Crippen molar-refractivity contribution in [1.29, 1.82) is 5.26 Å². The van der Waals surface area contributed by atoms with Crippen LogP contribution < -0.4 is 21.9 Å². The summed E-state index contributed by atoms with van der Waals surface area (Å²) >= 11 is 0. The van der Waals surface area contributed by atoms with Crippen molar-refractivity contribution in [2.24, 2.45) is 11.7 Å². The Balaban J connectivity index is 2.11. The molecule has 5 N–H and O–H groups in total. The van der Waals surface area contributed by atoms with Crippen LogP contribution in [0.25, 0.3) is 0 Å². The van der Waals surface area contributed by atoms with Crippen LogP contribution in [0, 0.1) is 30.0 Å². The molecule has 0 aliphatic carbocycles. The summed E-state index contributed by atoms with van der Waals surface area (Å²) in [6, 6.07) is 6.83. The van der Waals surface area contributed by atoms with Crippen LogP contribution in [-0.2, 0) is 0 Å². The Hall–Kier alpha value is -1.68. The van der Waals surface area contributed by atoms with E-state index >= 15 is 0 Å². The molecule has 0 aromatic heterocycles. The smallest absolute Gasteiger partial charge is 0.126 e. The maximum absolute atomic E-state index is 13.1. The van der Waals surface area contributed by atoms with Crippen molar-refractivity contribution in [2.75, 3.05) is 5.32 Å². The molecule has 2 rings (SSSR count). The number of nitrogens with one attached hydrogen (secondary N) is 3. The van der Waals surface area contributed by atoms with E-state index in [1.165, 1.54) is 6.07 Å². The van der Waals surface area contributed by atoms with Gasteiger partial charge in [-0.1, -0.05) is 0 Å². The van der Waals surface area contributed by atoms with Crippen LogP contribution in [0.2, 0.25) is 0 Å². The highest BCUT2D eigenvalue weighted by Crippen LogP contribution is 2.18. The normalized spacial score (nSPS) is 27.8. The Morgan fingerprint density at radius 2 is 2.24 bits per heavy atom. The average molecular weight is 235 g/mol. The van der Waals surface area contributed by atoms with E-state index in [1.54, 1.807) is 19.1 Å². The average Bonchev–Trinajstić information content (AvgIpc) is 2.64. The van der Waals surface area contributed by atoms with Gasteiger partial charge in [0.2, 0.25) is 0 Å². The van der Waals surface area contributed by atoms with Crippen molar-refractivity contribution in [3.05, 3.63) is 29.6 Å². The molecule has 5 nitrogen and oxygen atoms in total. The number of nitrogens with zero attached hydrogens (tertiary/aromatic N) is 1. The van der Waals surface area contributed by atoms with Crippen LogP contribution in [0.15, 0.2) is 18.2 Å².